The van der Waals surface area contributed by atoms with Gasteiger partial charge in [0.05, 0.1) is 17.0 Å². The van der Waals surface area contributed by atoms with Crippen LogP contribution in [0.1, 0.15) is 12.5 Å². The summed E-state index contributed by atoms with van der Waals surface area (Å²) in [4.78, 5) is 29.2. The van der Waals surface area contributed by atoms with Crippen molar-refractivity contribution in [2.45, 2.75) is 6.92 Å². The molecular weight excluding hydrogens is 316 g/mol. The molecule has 3 N–H and O–H groups in total. The topological polar surface area (TPSA) is 102 Å². The van der Waals surface area contributed by atoms with Crippen molar-refractivity contribution in [3.63, 3.8) is 0 Å². The van der Waals surface area contributed by atoms with Crippen molar-refractivity contribution in [2.75, 3.05) is 5.01 Å². The van der Waals surface area contributed by atoms with Gasteiger partial charge in [0.25, 0.3) is 11.5 Å². The number of rotatable bonds is 2. The predicted octanol–water partition coefficient (Wildman–Crippen LogP) is 1.94. The standard InChI is InChI=1S/C15H12N4O3S/c1-8-10(7-11-12(20)16-15(23)17-13(11)21)14(22)19(18-8)9-5-3-2-4-6-9/h2-7H,1H3,(H3,16,17,20,21,23)/b10-7+. The highest BCUT2D eigenvalue weighted by Gasteiger charge is 2.29. The van der Waals surface area contributed by atoms with Crippen molar-refractivity contribution < 1.29 is 9.90 Å². The van der Waals surface area contributed by atoms with E-state index in [9.17, 15) is 14.7 Å². The molecule has 0 saturated heterocycles. The zero-order valence-corrected chi connectivity index (χ0v) is 12.8. The Kier molecular flexibility index (Phi) is 3.67. The second-order valence-corrected chi connectivity index (χ2v) is 5.27. The molecular formula is C15H12N4O3S. The molecule has 7 nitrogen and oxygen atoms in total. The van der Waals surface area contributed by atoms with Crippen molar-refractivity contribution in [2.24, 2.45) is 5.10 Å². The number of benzene rings is 1. The highest BCUT2D eigenvalue weighted by Crippen LogP contribution is 2.25. The number of anilines is 1. The first kappa shape index (κ1) is 14.9. The minimum absolute atomic E-state index is 0.00343. The monoisotopic (exact) mass is 328 g/mol. The third-order valence-electron chi connectivity index (χ3n) is 3.31. The number of hydrogen-bond acceptors (Lipinski definition) is 5. The lowest BCUT2D eigenvalue weighted by Gasteiger charge is -2.11. The van der Waals surface area contributed by atoms with Crippen LogP contribution in [0.15, 0.2) is 45.8 Å². The zero-order valence-electron chi connectivity index (χ0n) is 12.0. The quantitative estimate of drug-likeness (QED) is 0.579. The molecule has 0 radical (unpaired) electrons. The molecule has 1 amide bonds. The summed E-state index contributed by atoms with van der Waals surface area (Å²) in [6.07, 6.45) is 1.30. The summed E-state index contributed by atoms with van der Waals surface area (Å²) in [7, 11) is 0. The Morgan fingerprint density at radius 3 is 2.57 bits per heavy atom. The molecule has 8 heteroatoms. The van der Waals surface area contributed by atoms with Gasteiger partial charge in [-0.3, -0.25) is 14.6 Å². The minimum Gasteiger partial charge on any atom is -0.494 e. The van der Waals surface area contributed by atoms with Crippen LogP contribution in [0, 0.1) is 4.77 Å². The van der Waals surface area contributed by atoms with Crippen LogP contribution in [0.5, 0.6) is 5.88 Å². The van der Waals surface area contributed by atoms with E-state index in [4.69, 9.17) is 12.2 Å². The van der Waals surface area contributed by atoms with Gasteiger partial charge in [-0.05, 0) is 37.4 Å². The van der Waals surface area contributed by atoms with Crippen LogP contribution in [-0.4, -0.2) is 26.7 Å². The van der Waals surface area contributed by atoms with E-state index in [0.29, 0.717) is 11.4 Å². The number of carbonyl (C=O) groups excluding carboxylic acids is 1. The van der Waals surface area contributed by atoms with Gasteiger partial charge >= 0.3 is 0 Å². The van der Waals surface area contributed by atoms with Crippen LogP contribution < -0.4 is 10.6 Å². The van der Waals surface area contributed by atoms with Crippen LogP contribution >= 0.6 is 12.2 Å². The Labute approximate surface area is 135 Å². The van der Waals surface area contributed by atoms with Gasteiger partial charge < -0.3 is 10.1 Å². The number of H-pyrrole nitrogens is 2. The van der Waals surface area contributed by atoms with E-state index in [1.807, 2.05) is 6.07 Å². The number of para-hydroxylation sites is 1. The number of aromatic nitrogens is 2. The molecule has 0 atom stereocenters. The molecule has 0 unspecified atom stereocenters. The van der Waals surface area contributed by atoms with E-state index in [2.05, 4.69) is 15.1 Å². The lowest BCUT2D eigenvalue weighted by atomic mass is 10.1. The molecule has 0 bridgehead atoms. The van der Waals surface area contributed by atoms with E-state index in [0.717, 1.165) is 0 Å². The summed E-state index contributed by atoms with van der Waals surface area (Å²) in [5.41, 5.74) is 0.620. The summed E-state index contributed by atoms with van der Waals surface area (Å²) >= 11 is 4.77. The summed E-state index contributed by atoms with van der Waals surface area (Å²) in [5.74, 6) is -0.778. The molecule has 116 valence electrons. The number of hydrazone groups is 1. The first-order valence-electron chi connectivity index (χ1n) is 6.69. The van der Waals surface area contributed by atoms with Crippen molar-refractivity contribution in [1.82, 2.24) is 9.97 Å². The predicted molar refractivity (Wildman–Crippen MR) is 88.9 cm³/mol. The number of aromatic hydroxyl groups is 1. The average Bonchev–Trinajstić information content (AvgIpc) is 2.79. The second-order valence-electron chi connectivity index (χ2n) is 4.87. The number of nitrogens with one attached hydrogen (secondary N) is 2. The Morgan fingerprint density at radius 1 is 1.22 bits per heavy atom. The Hall–Kier alpha value is -3.00. The van der Waals surface area contributed by atoms with E-state index < -0.39 is 11.4 Å². The molecule has 1 aromatic carbocycles. The molecule has 2 heterocycles. The SMILES string of the molecule is CC1=NN(c2ccccc2)C(=O)/C1=C/c1c(O)[nH]c(=S)[nH]c1=O. The Morgan fingerprint density at radius 2 is 1.91 bits per heavy atom. The van der Waals surface area contributed by atoms with Crippen molar-refractivity contribution >= 4 is 35.6 Å². The van der Waals surface area contributed by atoms with E-state index in [1.54, 1.807) is 31.2 Å². The molecule has 0 spiro atoms. The van der Waals surface area contributed by atoms with Crippen molar-refractivity contribution in [3.8, 4) is 5.88 Å². The van der Waals surface area contributed by atoms with Gasteiger partial charge in [-0.1, -0.05) is 18.2 Å². The number of carbonyl (C=O) groups is 1. The van der Waals surface area contributed by atoms with Crippen molar-refractivity contribution in [3.05, 3.63) is 56.6 Å². The highest BCUT2D eigenvalue weighted by atomic mass is 32.1. The molecule has 0 saturated carbocycles. The maximum atomic E-state index is 12.5. The lowest BCUT2D eigenvalue weighted by Crippen LogP contribution is -2.21. The van der Waals surface area contributed by atoms with Gasteiger partial charge in [0.2, 0.25) is 5.88 Å². The van der Waals surface area contributed by atoms with E-state index in [-0.39, 0.29) is 21.8 Å². The summed E-state index contributed by atoms with van der Waals surface area (Å²) in [6.45, 7) is 1.66. The van der Waals surface area contributed by atoms with Crippen LogP contribution in [0.3, 0.4) is 0 Å². The number of amides is 1. The summed E-state index contributed by atoms with van der Waals surface area (Å²) in [5, 5.41) is 15.3. The fourth-order valence-electron chi connectivity index (χ4n) is 2.19. The largest absolute Gasteiger partial charge is 0.494 e. The first-order valence-corrected chi connectivity index (χ1v) is 7.10. The number of nitrogens with zero attached hydrogens (tertiary/aromatic N) is 2. The molecule has 3 rings (SSSR count). The highest BCUT2D eigenvalue weighted by molar-refractivity contribution is 7.71. The molecule has 0 fully saturated rings. The first-order chi connectivity index (χ1) is 11.0. The smallest absolute Gasteiger partial charge is 0.280 e. The minimum atomic E-state index is -0.586. The van der Waals surface area contributed by atoms with Crippen LogP contribution in [-0.2, 0) is 4.79 Å². The molecule has 2 aromatic rings. The number of aromatic amines is 2. The normalized spacial score (nSPS) is 16.0. The van der Waals surface area contributed by atoms with Crippen LogP contribution in [0.25, 0.3) is 6.08 Å². The van der Waals surface area contributed by atoms with Gasteiger partial charge in [0.1, 0.15) is 5.56 Å². The molecule has 1 aliphatic rings. The average molecular weight is 328 g/mol. The van der Waals surface area contributed by atoms with Gasteiger partial charge in [0, 0.05) is 0 Å². The van der Waals surface area contributed by atoms with E-state index >= 15 is 0 Å². The van der Waals surface area contributed by atoms with Crippen LogP contribution in [0.4, 0.5) is 5.69 Å². The molecule has 0 aliphatic carbocycles. The van der Waals surface area contributed by atoms with E-state index in [1.165, 1.54) is 11.1 Å². The molecule has 23 heavy (non-hydrogen) atoms. The van der Waals surface area contributed by atoms with Gasteiger partial charge in [-0.15, -0.1) is 0 Å². The third-order valence-corrected chi connectivity index (χ3v) is 3.51. The van der Waals surface area contributed by atoms with Crippen LogP contribution in [0.2, 0.25) is 0 Å². The second kappa shape index (κ2) is 5.65. The molecule has 1 aliphatic heterocycles. The number of hydrogen-bond donors (Lipinski definition) is 3. The summed E-state index contributed by atoms with van der Waals surface area (Å²) < 4.78 is 0.00343. The Bertz CT molecular complexity index is 957. The Balaban J connectivity index is 2.06. The van der Waals surface area contributed by atoms with Crippen molar-refractivity contribution in [1.29, 1.82) is 0 Å². The fraction of sp³-hybridized carbons (Fsp3) is 0.0667. The molecule has 1 aromatic heterocycles. The van der Waals surface area contributed by atoms with Gasteiger partial charge in [0.15, 0.2) is 4.77 Å². The summed E-state index contributed by atoms with van der Waals surface area (Å²) in [6, 6.07) is 8.93. The third kappa shape index (κ3) is 2.71. The fourth-order valence-corrected chi connectivity index (χ4v) is 2.38. The zero-order chi connectivity index (χ0) is 16.6. The van der Waals surface area contributed by atoms with Gasteiger partial charge in [-0.25, -0.2) is 0 Å². The lowest BCUT2D eigenvalue weighted by molar-refractivity contribution is -0.114. The maximum Gasteiger partial charge on any atom is 0.280 e. The van der Waals surface area contributed by atoms with Gasteiger partial charge in [-0.2, -0.15) is 10.1 Å². The maximum absolute atomic E-state index is 12.5.